The molecule has 100 valence electrons. The maximum Gasteiger partial charge on any atom is 0.328 e. The molecule has 0 fully saturated rings. The van der Waals surface area contributed by atoms with E-state index < -0.39 is 12.0 Å². The third-order valence-electron chi connectivity index (χ3n) is 2.79. The van der Waals surface area contributed by atoms with Crippen LogP contribution in [0, 0.1) is 0 Å². The van der Waals surface area contributed by atoms with Crippen molar-refractivity contribution in [3.63, 3.8) is 0 Å². The van der Waals surface area contributed by atoms with Gasteiger partial charge in [-0.3, -0.25) is 4.79 Å². The van der Waals surface area contributed by atoms with Crippen molar-refractivity contribution in [1.82, 2.24) is 10.3 Å². The number of benzene rings is 1. The number of rotatable bonds is 4. The largest absolute Gasteiger partial charge is 0.467 e. The first-order valence-electron chi connectivity index (χ1n) is 5.87. The Bertz CT molecular complexity index is 609. The van der Waals surface area contributed by atoms with Crippen LogP contribution in [0.2, 0.25) is 0 Å². The number of ether oxygens (including phenoxy) is 1. The number of thiazole rings is 1. The smallest absolute Gasteiger partial charge is 0.328 e. The van der Waals surface area contributed by atoms with Gasteiger partial charge in [0.15, 0.2) is 0 Å². The molecule has 1 amide bonds. The van der Waals surface area contributed by atoms with Crippen molar-refractivity contribution in [2.75, 3.05) is 7.11 Å². The van der Waals surface area contributed by atoms with E-state index in [0.29, 0.717) is 12.0 Å². The predicted octanol–water partition coefficient (Wildman–Crippen LogP) is 1.98. The lowest BCUT2D eigenvalue weighted by Gasteiger charge is -2.14. The number of aromatic nitrogens is 1. The number of esters is 1. The van der Waals surface area contributed by atoms with E-state index >= 15 is 0 Å². The first kappa shape index (κ1) is 13.5. The summed E-state index contributed by atoms with van der Waals surface area (Å²) in [5.41, 5.74) is 3.11. The van der Waals surface area contributed by atoms with Gasteiger partial charge in [-0.2, -0.15) is 0 Å². The van der Waals surface area contributed by atoms with E-state index in [1.54, 1.807) is 23.7 Å². The molecule has 0 saturated heterocycles. The quantitative estimate of drug-likeness (QED) is 0.868. The highest BCUT2D eigenvalue weighted by molar-refractivity contribution is 7.16. The summed E-state index contributed by atoms with van der Waals surface area (Å²) in [6.07, 6.45) is 0.487. The average Bonchev–Trinajstić information content (AvgIpc) is 2.90. The monoisotopic (exact) mass is 278 g/mol. The van der Waals surface area contributed by atoms with Gasteiger partial charge in [-0.25, -0.2) is 9.78 Å². The van der Waals surface area contributed by atoms with E-state index in [4.69, 9.17) is 0 Å². The lowest BCUT2D eigenvalue weighted by molar-refractivity contribution is -0.142. The van der Waals surface area contributed by atoms with Crippen LogP contribution in [0.4, 0.5) is 0 Å². The molecule has 1 atom stereocenters. The number of carbonyl (C=O) groups is 2. The molecule has 1 unspecified atom stereocenters. The highest BCUT2D eigenvalue weighted by Crippen LogP contribution is 2.19. The standard InChI is InChI=1S/C13H14N2O3S/c1-3-9(13(17)18-2)15-12(16)8-4-5-10-11(6-8)19-7-14-10/h4-7,9H,3H2,1-2H3,(H,15,16). The van der Waals surface area contributed by atoms with E-state index in [1.807, 2.05) is 6.92 Å². The van der Waals surface area contributed by atoms with Crippen molar-refractivity contribution in [3.8, 4) is 0 Å². The maximum atomic E-state index is 12.1. The van der Waals surface area contributed by atoms with E-state index in [2.05, 4.69) is 15.0 Å². The Morgan fingerprint density at radius 3 is 2.95 bits per heavy atom. The lowest BCUT2D eigenvalue weighted by Crippen LogP contribution is -2.40. The molecule has 1 aromatic heterocycles. The van der Waals surface area contributed by atoms with Gasteiger partial charge < -0.3 is 10.1 Å². The molecule has 0 aliphatic carbocycles. The molecule has 1 aromatic carbocycles. The van der Waals surface area contributed by atoms with Crippen molar-refractivity contribution >= 4 is 33.4 Å². The molecule has 6 heteroatoms. The summed E-state index contributed by atoms with van der Waals surface area (Å²) in [7, 11) is 1.31. The zero-order valence-electron chi connectivity index (χ0n) is 10.7. The van der Waals surface area contributed by atoms with E-state index in [1.165, 1.54) is 18.4 Å². The van der Waals surface area contributed by atoms with Crippen molar-refractivity contribution in [2.45, 2.75) is 19.4 Å². The zero-order valence-corrected chi connectivity index (χ0v) is 11.5. The van der Waals surface area contributed by atoms with E-state index in [9.17, 15) is 9.59 Å². The minimum absolute atomic E-state index is 0.285. The van der Waals surface area contributed by atoms with Crippen LogP contribution < -0.4 is 5.32 Å². The van der Waals surface area contributed by atoms with E-state index in [-0.39, 0.29) is 5.91 Å². The third-order valence-corrected chi connectivity index (χ3v) is 3.58. The fourth-order valence-electron chi connectivity index (χ4n) is 1.71. The Hall–Kier alpha value is -1.95. The number of amides is 1. The topological polar surface area (TPSA) is 68.3 Å². The predicted molar refractivity (Wildman–Crippen MR) is 73.2 cm³/mol. The fraction of sp³-hybridized carbons (Fsp3) is 0.308. The van der Waals surface area contributed by atoms with Gasteiger partial charge in [-0.15, -0.1) is 11.3 Å². The van der Waals surface area contributed by atoms with Gasteiger partial charge in [-0.1, -0.05) is 6.92 Å². The minimum Gasteiger partial charge on any atom is -0.467 e. The van der Waals surface area contributed by atoms with Crippen LogP contribution in [0.1, 0.15) is 23.7 Å². The summed E-state index contributed by atoms with van der Waals surface area (Å²) in [6.45, 7) is 1.81. The molecule has 1 N–H and O–H groups in total. The molecule has 5 nitrogen and oxygen atoms in total. The Labute approximate surface area is 114 Å². The number of hydrogen-bond donors (Lipinski definition) is 1. The SMILES string of the molecule is CCC(NC(=O)c1ccc2ncsc2c1)C(=O)OC. The van der Waals surface area contributed by atoms with Gasteiger partial charge in [-0.05, 0) is 24.6 Å². The second kappa shape index (κ2) is 5.79. The minimum atomic E-state index is -0.616. The molecule has 2 aromatic rings. The van der Waals surface area contributed by atoms with Gasteiger partial charge in [0.2, 0.25) is 0 Å². The molecule has 0 aliphatic rings. The van der Waals surface area contributed by atoms with Gasteiger partial charge in [0.25, 0.3) is 5.91 Å². The summed E-state index contributed by atoms with van der Waals surface area (Å²) in [5.74, 6) is -0.720. The average molecular weight is 278 g/mol. The van der Waals surface area contributed by atoms with E-state index in [0.717, 1.165) is 10.2 Å². The molecule has 1 heterocycles. The van der Waals surface area contributed by atoms with Crippen LogP contribution in [0.3, 0.4) is 0 Å². The number of fused-ring (bicyclic) bond motifs is 1. The molecule has 0 bridgehead atoms. The van der Waals surface area contributed by atoms with Gasteiger partial charge in [0, 0.05) is 5.56 Å². The Balaban J connectivity index is 2.16. The summed E-state index contributed by atoms with van der Waals surface area (Å²) < 4.78 is 5.58. The molecule has 0 radical (unpaired) electrons. The Kier molecular flexibility index (Phi) is 4.11. The van der Waals surface area contributed by atoms with Crippen molar-refractivity contribution < 1.29 is 14.3 Å². The molecule has 0 saturated carbocycles. The molecule has 19 heavy (non-hydrogen) atoms. The number of nitrogens with one attached hydrogen (secondary N) is 1. The summed E-state index contributed by atoms with van der Waals surface area (Å²) in [6, 6.07) is 4.64. The number of carbonyl (C=O) groups excluding carboxylic acids is 2. The van der Waals surface area contributed by atoms with Crippen LogP contribution in [0.5, 0.6) is 0 Å². The lowest BCUT2D eigenvalue weighted by atomic mass is 10.1. The number of hydrogen-bond acceptors (Lipinski definition) is 5. The van der Waals surface area contributed by atoms with Crippen LogP contribution >= 0.6 is 11.3 Å². The second-order valence-corrected chi connectivity index (χ2v) is 4.88. The van der Waals surface area contributed by atoms with Crippen LogP contribution in [-0.4, -0.2) is 30.0 Å². The summed E-state index contributed by atoms with van der Waals surface area (Å²) in [4.78, 5) is 27.7. The number of nitrogens with zero attached hydrogens (tertiary/aromatic N) is 1. The normalized spacial score (nSPS) is 12.1. The van der Waals surface area contributed by atoms with Crippen LogP contribution in [-0.2, 0) is 9.53 Å². The third kappa shape index (κ3) is 2.90. The van der Waals surface area contributed by atoms with Gasteiger partial charge >= 0.3 is 5.97 Å². The molecule has 0 aliphatic heterocycles. The van der Waals surface area contributed by atoms with Gasteiger partial charge in [0.1, 0.15) is 6.04 Å². The highest BCUT2D eigenvalue weighted by Gasteiger charge is 2.20. The maximum absolute atomic E-state index is 12.1. The first-order valence-corrected chi connectivity index (χ1v) is 6.75. The van der Waals surface area contributed by atoms with Crippen molar-refractivity contribution in [1.29, 1.82) is 0 Å². The summed E-state index contributed by atoms with van der Waals surface area (Å²) in [5, 5.41) is 2.66. The molecule has 2 rings (SSSR count). The second-order valence-electron chi connectivity index (χ2n) is 3.99. The molecule has 0 spiro atoms. The highest BCUT2D eigenvalue weighted by atomic mass is 32.1. The van der Waals surface area contributed by atoms with Crippen LogP contribution in [0.25, 0.3) is 10.2 Å². The first-order chi connectivity index (χ1) is 9.15. The van der Waals surface area contributed by atoms with Crippen molar-refractivity contribution in [3.05, 3.63) is 29.3 Å². The van der Waals surface area contributed by atoms with Gasteiger partial charge in [0.05, 0.1) is 22.8 Å². The molecular formula is C13H14N2O3S. The molecular weight excluding hydrogens is 264 g/mol. The van der Waals surface area contributed by atoms with Crippen LogP contribution in [0.15, 0.2) is 23.7 Å². The number of methoxy groups -OCH3 is 1. The Morgan fingerprint density at radius 1 is 1.47 bits per heavy atom. The zero-order chi connectivity index (χ0) is 13.8. The Morgan fingerprint density at radius 2 is 2.26 bits per heavy atom. The fourth-order valence-corrected chi connectivity index (χ4v) is 2.42. The summed E-state index contributed by atoms with van der Waals surface area (Å²) >= 11 is 1.47. The van der Waals surface area contributed by atoms with Crippen molar-refractivity contribution in [2.24, 2.45) is 0 Å².